The van der Waals surface area contributed by atoms with Gasteiger partial charge in [-0.1, -0.05) is 28.1 Å². The van der Waals surface area contributed by atoms with E-state index in [2.05, 4.69) is 21.2 Å². The Bertz CT molecular complexity index is 442. The van der Waals surface area contributed by atoms with Gasteiger partial charge in [0, 0.05) is 5.69 Å². The second-order valence-electron chi connectivity index (χ2n) is 3.61. The zero-order chi connectivity index (χ0) is 11.0. The lowest BCUT2D eigenvalue weighted by atomic mass is 10.0. The Morgan fingerprint density at radius 2 is 2.27 bits per heavy atom. The third-order valence-electron chi connectivity index (χ3n) is 2.40. The molecule has 1 unspecified atom stereocenters. The third kappa shape index (κ3) is 1.95. The molecule has 15 heavy (non-hydrogen) atoms. The van der Waals surface area contributed by atoms with Gasteiger partial charge in [0.1, 0.15) is 5.78 Å². The molecule has 0 bridgehead atoms. The molecule has 1 aromatic rings. The van der Waals surface area contributed by atoms with Crippen molar-refractivity contribution in [1.82, 2.24) is 0 Å². The monoisotopic (exact) mass is 267 g/mol. The number of alkyl halides is 1. The molecule has 0 saturated carbocycles. The van der Waals surface area contributed by atoms with Crippen LogP contribution in [-0.2, 0) is 16.0 Å². The first-order chi connectivity index (χ1) is 7.08. The highest BCUT2D eigenvalue weighted by Gasteiger charge is 2.20. The zero-order valence-electron chi connectivity index (χ0n) is 8.21. The van der Waals surface area contributed by atoms with Crippen LogP contribution in [0.15, 0.2) is 18.2 Å². The van der Waals surface area contributed by atoms with Gasteiger partial charge in [-0.05, 0) is 24.1 Å². The predicted molar refractivity (Wildman–Crippen MR) is 61.1 cm³/mol. The lowest BCUT2D eigenvalue weighted by molar-refractivity contribution is -0.116. The largest absolute Gasteiger partial charge is 0.326 e. The summed E-state index contributed by atoms with van der Waals surface area (Å²) in [5.74, 6) is 0.0725. The summed E-state index contributed by atoms with van der Waals surface area (Å²) >= 11 is 3.32. The van der Waals surface area contributed by atoms with E-state index in [1.807, 2.05) is 18.2 Å². The van der Waals surface area contributed by atoms with Crippen LogP contribution >= 0.6 is 15.9 Å². The van der Waals surface area contributed by atoms with E-state index in [4.69, 9.17) is 0 Å². The number of hydrogen-bond donors (Lipinski definition) is 1. The molecule has 1 atom stereocenters. The number of fused-ring (bicyclic) bond motifs is 1. The Kier molecular flexibility index (Phi) is 2.61. The van der Waals surface area contributed by atoms with E-state index in [1.54, 1.807) is 0 Å². The van der Waals surface area contributed by atoms with E-state index in [0.717, 1.165) is 16.8 Å². The van der Waals surface area contributed by atoms with Crippen molar-refractivity contribution in [2.24, 2.45) is 0 Å². The maximum atomic E-state index is 11.2. The summed E-state index contributed by atoms with van der Waals surface area (Å²) in [4.78, 5) is 22.0. The highest BCUT2D eigenvalue weighted by molar-refractivity contribution is 9.09. The molecule has 1 heterocycles. The summed E-state index contributed by atoms with van der Waals surface area (Å²) in [5, 5.41) is 2.75. The molecule has 78 valence electrons. The molecule has 0 spiro atoms. The Morgan fingerprint density at radius 1 is 1.53 bits per heavy atom. The maximum absolute atomic E-state index is 11.2. The van der Waals surface area contributed by atoms with Crippen molar-refractivity contribution in [3.8, 4) is 0 Å². The minimum absolute atomic E-state index is 0.0103. The molecule has 1 aliphatic rings. The molecular formula is C11H10BrNO2. The van der Waals surface area contributed by atoms with Gasteiger partial charge in [-0.15, -0.1) is 0 Å². The quantitative estimate of drug-likeness (QED) is 0.836. The van der Waals surface area contributed by atoms with Crippen molar-refractivity contribution >= 4 is 33.3 Å². The topological polar surface area (TPSA) is 46.2 Å². The summed E-state index contributed by atoms with van der Waals surface area (Å²) < 4.78 is 0. The van der Waals surface area contributed by atoms with Crippen LogP contribution in [0.3, 0.4) is 0 Å². The fourth-order valence-electron chi connectivity index (χ4n) is 1.64. The van der Waals surface area contributed by atoms with E-state index in [9.17, 15) is 9.59 Å². The SMILES string of the molecule is CC(=O)C(Br)c1ccc2c(c1)CC(=O)N2. The van der Waals surface area contributed by atoms with Crippen LogP contribution in [-0.4, -0.2) is 11.7 Å². The van der Waals surface area contributed by atoms with Crippen molar-refractivity contribution in [2.45, 2.75) is 18.2 Å². The first-order valence-electron chi connectivity index (χ1n) is 4.65. The molecule has 4 heteroatoms. The lowest BCUT2D eigenvalue weighted by Crippen LogP contribution is -2.03. The molecule has 2 rings (SSSR count). The van der Waals surface area contributed by atoms with Gasteiger partial charge < -0.3 is 5.32 Å². The Balaban J connectivity index is 2.35. The fraction of sp³-hybridized carbons (Fsp3) is 0.273. The van der Waals surface area contributed by atoms with Crippen LogP contribution in [0, 0.1) is 0 Å². The minimum Gasteiger partial charge on any atom is -0.326 e. The number of halogens is 1. The maximum Gasteiger partial charge on any atom is 0.228 e. The average molecular weight is 268 g/mol. The summed E-state index contributed by atoms with van der Waals surface area (Å²) in [6.45, 7) is 1.54. The van der Waals surface area contributed by atoms with Gasteiger partial charge in [-0.2, -0.15) is 0 Å². The Hall–Kier alpha value is -1.16. The number of carbonyl (C=O) groups is 2. The standard InChI is InChI=1S/C11H10BrNO2/c1-6(14)11(12)7-2-3-9-8(4-7)5-10(15)13-9/h2-4,11H,5H2,1H3,(H,13,15). The van der Waals surface area contributed by atoms with Crippen LogP contribution < -0.4 is 5.32 Å². The predicted octanol–water partition coefficient (Wildman–Crippen LogP) is 2.21. The van der Waals surface area contributed by atoms with Gasteiger partial charge >= 0.3 is 0 Å². The number of nitrogens with one attached hydrogen (secondary N) is 1. The van der Waals surface area contributed by atoms with Crippen molar-refractivity contribution in [3.05, 3.63) is 29.3 Å². The number of hydrogen-bond acceptors (Lipinski definition) is 2. The molecule has 0 aliphatic carbocycles. The number of amides is 1. The molecule has 0 saturated heterocycles. The van der Waals surface area contributed by atoms with Crippen molar-refractivity contribution in [2.75, 3.05) is 5.32 Å². The van der Waals surface area contributed by atoms with E-state index >= 15 is 0 Å². The van der Waals surface area contributed by atoms with Gasteiger partial charge in [0.2, 0.25) is 5.91 Å². The second kappa shape index (κ2) is 3.77. The number of benzene rings is 1. The van der Waals surface area contributed by atoms with E-state index < -0.39 is 0 Å². The molecule has 0 fully saturated rings. The summed E-state index contributed by atoms with van der Waals surface area (Å²) in [6.07, 6.45) is 0.404. The van der Waals surface area contributed by atoms with Crippen LogP contribution in [0.25, 0.3) is 0 Å². The van der Waals surface area contributed by atoms with Crippen LogP contribution in [0.1, 0.15) is 22.9 Å². The van der Waals surface area contributed by atoms with E-state index in [0.29, 0.717) is 6.42 Å². The molecule has 3 nitrogen and oxygen atoms in total. The second-order valence-corrected chi connectivity index (χ2v) is 4.53. The summed E-state index contributed by atoms with van der Waals surface area (Å²) in [7, 11) is 0. The Morgan fingerprint density at radius 3 is 2.93 bits per heavy atom. The molecular weight excluding hydrogens is 258 g/mol. The lowest BCUT2D eigenvalue weighted by Gasteiger charge is -2.07. The minimum atomic E-state index is -0.279. The van der Waals surface area contributed by atoms with E-state index in [-0.39, 0.29) is 16.5 Å². The molecule has 1 amide bonds. The first kappa shape index (κ1) is 10.4. The molecule has 1 aromatic carbocycles. The fourth-order valence-corrected chi connectivity index (χ4v) is 1.93. The highest BCUT2D eigenvalue weighted by Crippen LogP contribution is 2.30. The first-order valence-corrected chi connectivity index (χ1v) is 5.56. The van der Waals surface area contributed by atoms with Crippen molar-refractivity contribution in [1.29, 1.82) is 0 Å². The Labute approximate surface area is 96.0 Å². The van der Waals surface area contributed by atoms with Crippen molar-refractivity contribution in [3.63, 3.8) is 0 Å². The van der Waals surface area contributed by atoms with Crippen molar-refractivity contribution < 1.29 is 9.59 Å². The van der Waals surface area contributed by atoms with Gasteiger partial charge in [0.15, 0.2) is 0 Å². The molecule has 1 N–H and O–H groups in total. The summed E-state index contributed by atoms with van der Waals surface area (Å²) in [6, 6.07) is 5.59. The average Bonchev–Trinajstić information content (AvgIpc) is 2.55. The zero-order valence-corrected chi connectivity index (χ0v) is 9.80. The van der Waals surface area contributed by atoms with Gasteiger partial charge in [-0.3, -0.25) is 9.59 Å². The number of rotatable bonds is 2. The molecule has 0 aromatic heterocycles. The number of carbonyl (C=O) groups excluding carboxylic acids is 2. The summed E-state index contributed by atoms with van der Waals surface area (Å²) in [5.41, 5.74) is 2.72. The third-order valence-corrected chi connectivity index (χ3v) is 3.58. The highest BCUT2D eigenvalue weighted by atomic mass is 79.9. The van der Waals surface area contributed by atoms with Crippen LogP contribution in [0.5, 0.6) is 0 Å². The van der Waals surface area contributed by atoms with Gasteiger partial charge in [0.25, 0.3) is 0 Å². The number of Topliss-reactive ketones (excluding diaryl/α,β-unsaturated/α-hetero) is 1. The van der Waals surface area contributed by atoms with Gasteiger partial charge in [0.05, 0.1) is 11.2 Å². The van der Waals surface area contributed by atoms with Crippen LogP contribution in [0.2, 0.25) is 0 Å². The number of ketones is 1. The van der Waals surface area contributed by atoms with Gasteiger partial charge in [-0.25, -0.2) is 0 Å². The molecule has 0 radical (unpaired) electrons. The normalized spacial score (nSPS) is 15.7. The smallest absolute Gasteiger partial charge is 0.228 e. The molecule has 1 aliphatic heterocycles. The number of anilines is 1. The van der Waals surface area contributed by atoms with E-state index in [1.165, 1.54) is 6.92 Å². The van der Waals surface area contributed by atoms with Crippen LogP contribution in [0.4, 0.5) is 5.69 Å².